The van der Waals surface area contributed by atoms with Crippen molar-refractivity contribution in [1.82, 2.24) is 0 Å². The van der Waals surface area contributed by atoms with E-state index in [2.05, 4.69) is 33.9 Å². The van der Waals surface area contributed by atoms with Gasteiger partial charge in [-0.05, 0) is 36.7 Å². The summed E-state index contributed by atoms with van der Waals surface area (Å²) in [5, 5.41) is 12.6. The summed E-state index contributed by atoms with van der Waals surface area (Å²) in [6.07, 6.45) is -4.32. The Bertz CT molecular complexity index is 1660. The van der Waals surface area contributed by atoms with Crippen molar-refractivity contribution in [2.45, 2.75) is 103 Å². The van der Waals surface area contributed by atoms with Gasteiger partial charge in [-0.1, -0.05) is 63.2 Å². The minimum atomic E-state index is -2.24. The molecule has 0 radical (unpaired) electrons. The van der Waals surface area contributed by atoms with E-state index in [1.54, 1.807) is 18.2 Å². The second-order valence-corrected chi connectivity index (χ2v) is 18.5. The van der Waals surface area contributed by atoms with Crippen LogP contribution >= 0.6 is 0 Å². The number of fused-ring (bicyclic) bond motifs is 5. The molecule has 5 rings (SSSR count). The SMILES string of the molecule is COc1cccc2c3c(c(C(=O)[C@H](OCc4ccccc4)[C@@H](C[C@@H](C)O[Si](C)(C)C(C)(C)C)OC(C)=O)c(O)c12)[C@H]1OC(=O)C[C@H]1O3. The third-order valence-corrected chi connectivity index (χ3v) is 13.9. The Kier molecular flexibility index (Phi) is 9.73. The Morgan fingerprint density at radius 2 is 1.77 bits per heavy atom. The van der Waals surface area contributed by atoms with Crippen molar-refractivity contribution >= 4 is 36.8 Å². The summed E-state index contributed by atoms with van der Waals surface area (Å²) >= 11 is 0. The molecule has 2 aliphatic rings. The quantitative estimate of drug-likeness (QED) is 0.125. The van der Waals surface area contributed by atoms with Crippen LogP contribution in [0.4, 0.5) is 0 Å². The monoisotopic (exact) mass is 664 g/mol. The molecule has 0 spiro atoms. The first kappa shape index (κ1) is 34.4. The van der Waals surface area contributed by atoms with Gasteiger partial charge in [0.1, 0.15) is 23.4 Å². The fourth-order valence-corrected chi connectivity index (χ4v) is 7.54. The molecule has 5 atom stereocenters. The highest BCUT2D eigenvalue weighted by Gasteiger charge is 2.50. The van der Waals surface area contributed by atoms with Gasteiger partial charge < -0.3 is 33.2 Å². The van der Waals surface area contributed by atoms with Gasteiger partial charge in [0, 0.05) is 24.8 Å². The summed E-state index contributed by atoms with van der Waals surface area (Å²) in [5.74, 6) is -1.44. The maximum absolute atomic E-state index is 15.0. The first-order valence-corrected chi connectivity index (χ1v) is 18.8. The van der Waals surface area contributed by atoms with E-state index >= 15 is 0 Å². The molecule has 1 N–H and O–H groups in total. The Balaban J connectivity index is 1.64. The lowest BCUT2D eigenvalue weighted by Crippen LogP contribution is -2.46. The van der Waals surface area contributed by atoms with E-state index in [0.29, 0.717) is 16.9 Å². The fourth-order valence-electron chi connectivity index (χ4n) is 6.09. The van der Waals surface area contributed by atoms with Gasteiger partial charge in [-0.2, -0.15) is 0 Å². The summed E-state index contributed by atoms with van der Waals surface area (Å²) in [7, 11) is -0.777. The Morgan fingerprint density at radius 1 is 1.06 bits per heavy atom. The highest BCUT2D eigenvalue weighted by molar-refractivity contribution is 6.74. The zero-order valence-electron chi connectivity index (χ0n) is 28.2. The number of methoxy groups -OCH3 is 1. The van der Waals surface area contributed by atoms with Gasteiger partial charge in [0.15, 0.2) is 32.4 Å². The molecule has 10 nitrogen and oxygen atoms in total. The van der Waals surface area contributed by atoms with Gasteiger partial charge in [0.25, 0.3) is 0 Å². The number of rotatable bonds is 12. The molecule has 11 heteroatoms. The first-order valence-electron chi connectivity index (χ1n) is 15.9. The standard InChI is InChI=1S/C36H44O10Si/c1-20(46-47(7,8)36(3,4)5)17-25(43-21(2)37)35(42-19-22-13-10-9-11-14-22)32(40)29-30-33(44-26-18-27(38)45-34(26)30)23-15-12-16-24(41-6)28(23)31(29)39/h9-16,20,25-26,34-35,39H,17-19H2,1-8H3/t20-,25-,26-,34+,35-/m1/s1. The van der Waals surface area contributed by atoms with Gasteiger partial charge in [0.2, 0.25) is 0 Å². The molecule has 0 bridgehead atoms. The smallest absolute Gasteiger partial charge is 0.310 e. The van der Waals surface area contributed by atoms with Crippen LogP contribution in [0.3, 0.4) is 0 Å². The summed E-state index contributed by atoms with van der Waals surface area (Å²) in [6, 6.07) is 14.5. The van der Waals surface area contributed by atoms with E-state index in [1.165, 1.54) is 14.0 Å². The molecule has 0 saturated carbocycles. The van der Waals surface area contributed by atoms with Crippen molar-refractivity contribution in [1.29, 1.82) is 0 Å². The van der Waals surface area contributed by atoms with Crippen LogP contribution in [0.1, 0.15) is 75.0 Å². The minimum Gasteiger partial charge on any atom is -0.506 e. The van der Waals surface area contributed by atoms with Gasteiger partial charge in [0.05, 0.1) is 36.7 Å². The van der Waals surface area contributed by atoms with Crippen LogP contribution in [0.2, 0.25) is 18.1 Å². The number of hydrogen-bond acceptors (Lipinski definition) is 10. The number of phenols is 1. The summed E-state index contributed by atoms with van der Waals surface area (Å²) in [4.78, 5) is 39.9. The molecule has 2 aliphatic heterocycles. The number of esters is 2. The van der Waals surface area contributed by atoms with Crippen molar-refractivity contribution in [3.8, 4) is 17.2 Å². The maximum atomic E-state index is 15.0. The van der Waals surface area contributed by atoms with Crippen LogP contribution in [0.25, 0.3) is 10.8 Å². The van der Waals surface area contributed by atoms with E-state index in [4.69, 9.17) is 28.1 Å². The van der Waals surface area contributed by atoms with Crippen LogP contribution in [-0.4, -0.2) is 62.7 Å². The van der Waals surface area contributed by atoms with E-state index in [1.807, 2.05) is 37.3 Å². The number of Topliss-reactive ketones (excluding diaryl/α,β-unsaturated/α-hetero) is 1. The second kappa shape index (κ2) is 13.3. The van der Waals surface area contributed by atoms with Gasteiger partial charge in [-0.3, -0.25) is 14.4 Å². The van der Waals surface area contributed by atoms with E-state index < -0.39 is 56.6 Å². The molecule has 0 aliphatic carbocycles. The molecule has 0 aromatic heterocycles. The third-order valence-electron chi connectivity index (χ3n) is 9.29. The average Bonchev–Trinajstić information content (AvgIpc) is 3.52. The summed E-state index contributed by atoms with van der Waals surface area (Å²) < 4.78 is 36.3. The van der Waals surface area contributed by atoms with E-state index in [0.717, 1.165) is 5.56 Å². The molecule has 1 fully saturated rings. The van der Waals surface area contributed by atoms with Gasteiger partial charge in [-0.15, -0.1) is 0 Å². The second-order valence-electron chi connectivity index (χ2n) is 13.8. The van der Waals surface area contributed by atoms with Crippen LogP contribution in [-0.2, 0) is 34.8 Å². The highest BCUT2D eigenvalue weighted by Crippen LogP contribution is 2.54. The number of aromatic hydroxyl groups is 1. The van der Waals surface area contributed by atoms with Crippen LogP contribution in [0.15, 0.2) is 48.5 Å². The summed E-state index contributed by atoms with van der Waals surface area (Å²) in [6.45, 7) is 13.8. The highest BCUT2D eigenvalue weighted by atomic mass is 28.4. The van der Waals surface area contributed by atoms with Crippen molar-refractivity contribution in [3.05, 3.63) is 65.2 Å². The lowest BCUT2D eigenvalue weighted by atomic mass is 9.88. The Morgan fingerprint density at radius 3 is 2.40 bits per heavy atom. The van der Waals surface area contributed by atoms with Crippen LogP contribution in [0, 0.1) is 0 Å². The molecule has 0 unspecified atom stereocenters. The molecule has 252 valence electrons. The normalized spacial score (nSPS) is 19.3. The number of phenolic OH excluding ortho intramolecular Hbond substituents is 1. The lowest BCUT2D eigenvalue weighted by Gasteiger charge is -2.39. The molecule has 1 saturated heterocycles. The van der Waals surface area contributed by atoms with Gasteiger partial charge >= 0.3 is 11.9 Å². The number of carbonyl (C=O) groups excluding carboxylic acids is 3. The maximum Gasteiger partial charge on any atom is 0.310 e. The van der Waals surface area contributed by atoms with Gasteiger partial charge in [-0.25, -0.2) is 0 Å². The van der Waals surface area contributed by atoms with Crippen LogP contribution in [0.5, 0.6) is 17.2 Å². The minimum absolute atomic E-state index is 0.00842. The average molecular weight is 665 g/mol. The van der Waals surface area contributed by atoms with Crippen molar-refractivity contribution in [2.24, 2.45) is 0 Å². The number of hydrogen-bond donors (Lipinski definition) is 1. The lowest BCUT2D eigenvalue weighted by molar-refractivity contribution is -0.155. The molecular weight excluding hydrogens is 620 g/mol. The molecular formula is C36H44O10Si. The molecule has 47 heavy (non-hydrogen) atoms. The predicted octanol–water partition coefficient (Wildman–Crippen LogP) is 6.80. The Labute approximate surface area is 276 Å². The number of ketones is 1. The predicted molar refractivity (Wildman–Crippen MR) is 177 cm³/mol. The summed E-state index contributed by atoms with van der Waals surface area (Å²) in [5.41, 5.74) is 0.914. The van der Waals surface area contributed by atoms with Crippen molar-refractivity contribution in [2.75, 3.05) is 7.11 Å². The number of benzene rings is 3. The number of carbonyl (C=O) groups is 3. The van der Waals surface area contributed by atoms with E-state index in [-0.39, 0.29) is 46.7 Å². The van der Waals surface area contributed by atoms with Crippen molar-refractivity contribution < 1.29 is 47.6 Å². The molecule has 0 amide bonds. The molecule has 2 heterocycles. The topological polar surface area (TPSA) is 127 Å². The molecule has 3 aromatic carbocycles. The van der Waals surface area contributed by atoms with E-state index in [9.17, 15) is 19.5 Å². The zero-order chi connectivity index (χ0) is 34.3. The van der Waals surface area contributed by atoms with Crippen LogP contribution < -0.4 is 9.47 Å². The largest absolute Gasteiger partial charge is 0.506 e. The van der Waals surface area contributed by atoms with Crippen molar-refractivity contribution in [3.63, 3.8) is 0 Å². The zero-order valence-corrected chi connectivity index (χ0v) is 29.2. The fraction of sp³-hybridized carbons (Fsp3) is 0.472. The first-order chi connectivity index (χ1) is 22.1. The molecule has 3 aromatic rings. The third kappa shape index (κ3) is 6.88. The Hall–Kier alpha value is -3.93. The number of ether oxygens (including phenoxy) is 5.